The van der Waals surface area contributed by atoms with Crippen molar-refractivity contribution in [3.8, 4) is 0 Å². The summed E-state index contributed by atoms with van der Waals surface area (Å²) in [6.07, 6.45) is 2.05. The van der Waals surface area contributed by atoms with Crippen molar-refractivity contribution in [3.63, 3.8) is 0 Å². The van der Waals surface area contributed by atoms with Crippen LogP contribution < -0.4 is 39.8 Å². The summed E-state index contributed by atoms with van der Waals surface area (Å²) in [5, 5.41) is 0. The molecule has 0 radical (unpaired) electrons. The number of amides is 1. The van der Waals surface area contributed by atoms with Gasteiger partial charge in [-0.3, -0.25) is 4.79 Å². The van der Waals surface area contributed by atoms with Gasteiger partial charge >= 0.3 is 29.6 Å². The molecule has 1 heterocycles. The normalized spacial score (nSPS) is 18.8. The average Bonchev–Trinajstić information content (AvgIpc) is 3.05. The first kappa shape index (κ1) is 21.7. The molecule has 0 spiro atoms. The minimum absolute atomic E-state index is 0. The third-order valence-electron chi connectivity index (χ3n) is 4.21. The van der Waals surface area contributed by atoms with Crippen molar-refractivity contribution < 1.29 is 49.0 Å². The molecule has 1 atom stereocenters. The van der Waals surface area contributed by atoms with E-state index < -0.39 is 21.5 Å². The molecule has 0 bridgehead atoms. The zero-order valence-corrected chi connectivity index (χ0v) is 18.3. The van der Waals surface area contributed by atoms with E-state index in [1.165, 1.54) is 12.1 Å². The summed E-state index contributed by atoms with van der Waals surface area (Å²) in [6.45, 7) is 3.44. The molecule has 0 fully saturated rings. The Balaban J connectivity index is 0.00000196. The molecule has 0 aliphatic carbocycles. The van der Waals surface area contributed by atoms with Crippen LogP contribution in [0.15, 0.2) is 71.3 Å². The van der Waals surface area contributed by atoms with Gasteiger partial charge in [0.15, 0.2) is 0 Å². The number of hydrogen-bond acceptors (Lipinski definition) is 5. The van der Waals surface area contributed by atoms with Crippen LogP contribution in [-0.4, -0.2) is 14.3 Å². The Morgan fingerprint density at radius 3 is 2.22 bits per heavy atom. The zero-order chi connectivity index (χ0) is 18.8. The maximum absolute atomic E-state index is 12.3. The molecule has 2 aromatic rings. The number of sulfonamides is 1. The number of benzene rings is 2. The Morgan fingerprint density at radius 1 is 1.11 bits per heavy atom. The number of rotatable bonds is 5. The van der Waals surface area contributed by atoms with E-state index in [1.807, 2.05) is 48.1 Å². The van der Waals surface area contributed by atoms with E-state index in [9.17, 15) is 13.2 Å². The van der Waals surface area contributed by atoms with Crippen molar-refractivity contribution in [1.29, 1.82) is 0 Å². The molecular weight excluding hydrogens is 375 g/mol. The van der Waals surface area contributed by atoms with Gasteiger partial charge in [0.1, 0.15) is 11.3 Å². The molecule has 3 rings (SSSR count). The predicted octanol–water partition coefficient (Wildman–Crippen LogP) is -0.300. The van der Waals surface area contributed by atoms with Gasteiger partial charge in [0, 0.05) is 6.42 Å². The SMILES string of the molecule is CCC(=O)NS(=O)(=O)c1ccc(C2(c3ccccc3)C=C(C)ON2)cc1.[H-].[Na+]. The van der Waals surface area contributed by atoms with E-state index in [0.29, 0.717) is 0 Å². The molecule has 1 amide bonds. The Labute approximate surface area is 182 Å². The first-order chi connectivity index (χ1) is 12.4. The van der Waals surface area contributed by atoms with Crippen LogP contribution in [0.25, 0.3) is 0 Å². The standard InChI is InChI=1S/C19H20N2O4S.Na.H/c1-3-18(22)20-26(23,24)17-11-9-16(10-12-17)19(13-14(2)25-21-19)15-7-5-4-6-8-15;;/h4-13,21H,3H2,1-2H3,(H,20,22);;/q;+1;-1. The fraction of sp³-hybridized carbons (Fsp3) is 0.211. The minimum Gasteiger partial charge on any atom is -1.00 e. The molecule has 138 valence electrons. The average molecular weight is 396 g/mol. The number of nitrogens with one attached hydrogen (secondary N) is 2. The van der Waals surface area contributed by atoms with Crippen molar-refractivity contribution >= 4 is 15.9 Å². The summed E-state index contributed by atoms with van der Waals surface area (Å²) in [7, 11) is -3.87. The summed E-state index contributed by atoms with van der Waals surface area (Å²) in [5.41, 5.74) is 4.12. The summed E-state index contributed by atoms with van der Waals surface area (Å²) in [6, 6.07) is 16.1. The molecule has 2 aromatic carbocycles. The first-order valence-corrected chi connectivity index (χ1v) is 9.71. The van der Waals surface area contributed by atoms with Crippen LogP contribution in [0.2, 0.25) is 0 Å². The molecule has 0 saturated carbocycles. The van der Waals surface area contributed by atoms with Crippen LogP contribution in [0, 0.1) is 0 Å². The van der Waals surface area contributed by atoms with Crippen LogP contribution in [0.3, 0.4) is 0 Å². The summed E-state index contributed by atoms with van der Waals surface area (Å²) < 4.78 is 26.5. The van der Waals surface area contributed by atoms with Crippen molar-refractivity contribution in [2.45, 2.75) is 30.7 Å². The second-order valence-corrected chi connectivity index (χ2v) is 7.72. The number of carbonyl (C=O) groups is 1. The van der Waals surface area contributed by atoms with Gasteiger partial charge in [-0.25, -0.2) is 13.1 Å². The molecule has 6 nitrogen and oxygen atoms in total. The second-order valence-electron chi connectivity index (χ2n) is 6.04. The second kappa shape index (κ2) is 8.58. The Morgan fingerprint density at radius 2 is 1.70 bits per heavy atom. The smallest absolute Gasteiger partial charge is 1.00 e. The third-order valence-corrected chi connectivity index (χ3v) is 5.60. The van der Waals surface area contributed by atoms with E-state index in [4.69, 9.17) is 4.84 Å². The Bertz CT molecular complexity index is 950. The molecule has 1 unspecified atom stereocenters. The fourth-order valence-electron chi connectivity index (χ4n) is 2.85. The van der Waals surface area contributed by atoms with E-state index >= 15 is 0 Å². The van der Waals surface area contributed by atoms with Crippen LogP contribution >= 0.6 is 0 Å². The van der Waals surface area contributed by atoms with Crippen LogP contribution in [0.1, 0.15) is 32.8 Å². The Hall–Kier alpha value is -1.64. The molecule has 0 aromatic heterocycles. The Kier molecular flexibility index (Phi) is 6.88. The third kappa shape index (κ3) is 4.44. The van der Waals surface area contributed by atoms with Crippen LogP contribution in [0.4, 0.5) is 0 Å². The molecular formula is C19H21N2NaO4S. The molecule has 8 heteroatoms. The number of carbonyl (C=O) groups excluding carboxylic acids is 1. The number of hydroxylamine groups is 1. The summed E-state index contributed by atoms with van der Waals surface area (Å²) in [4.78, 5) is 16.9. The van der Waals surface area contributed by atoms with Gasteiger partial charge in [0.25, 0.3) is 10.0 Å². The van der Waals surface area contributed by atoms with Gasteiger partial charge in [-0.15, -0.1) is 5.48 Å². The van der Waals surface area contributed by atoms with Gasteiger partial charge < -0.3 is 6.26 Å². The minimum atomic E-state index is -3.87. The molecule has 1 aliphatic heterocycles. The predicted molar refractivity (Wildman–Crippen MR) is 98.4 cm³/mol. The van der Waals surface area contributed by atoms with Crippen LogP contribution in [0.5, 0.6) is 0 Å². The van der Waals surface area contributed by atoms with Crippen molar-refractivity contribution in [2.24, 2.45) is 0 Å². The fourth-order valence-corrected chi connectivity index (χ4v) is 3.91. The van der Waals surface area contributed by atoms with Gasteiger partial charge in [-0.1, -0.05) is 49.4 Å². The van der Waals surface area contributed by atoms with Gasteiger partial charge in [0.05, 0.1) is 4.90 Å². The molecule has 1 aliphatic rings. The number of allylic oxidation sites excluding steroid dienone is 1. The van der Waals surface area contributed by atoms with E-state index in [-0.39, 0.29) is 42.3 Å². The van der Waals surface area contributed by atoms with Gasteiger partial charge in [-0.2, -0.15) is 0 Å². The van der Waals surface area contributed by atoms with Gasteiger partial charge in [-0.05, 0) is 36.3 Å². The zero-order valence-electron chi connectivity index (χ0n) is 16.5. The maximum Gasteiger partial charge on any atom is 1.00 e. The van der Waals surface area contributed by atoms with Crippen LogP contribution in [-0.2, 0) is 25.2 Å². The van der Waals surface area contributed by atoms with E-state index in [2.05, 4.69) is 5.48 Å². The monoisotopic (exact) mass is 396 g/mol. The summed E-state index contributed by atoms with van der Waals surface area (Å²) >= 11 is 0. The quantitative estimate of drug-likeness (QED) is 0.678. The number of hydrogen-bond donors (Lipinski definition) is 2. The van der Waals surface area contributed by atoms with Crippen molar-refractivity contribution in [1.82, 2.24) is 10.2 Å². The maximum atomic E-state index is 12.3. The topological polar surface area (TPSA) is 84.5 Å². The molecule has 2 N–H and O–H groups in total. The van der Waals surface area contributed by atoms with Gasteiger partial charge in [0.2, 0.25) is 5.91 Å². The first-order valence-electron chi connectivity index (χ1n) is 8.22. The largest absolute Gasteiger partial charge is 1.00 e. The molecule has 27 heavy (non-hydrogen) atoms. The van der Waals surface area contributed by atoms with E-state index in [1.54, 1.807) is 19.1 Å². The molecule has 0 saturated heterocycles. The van der Waals surface area contributed by atoms with Crippen molar-refractivity contribution in [2.75, 3.05) is 0 Å². The van der Waals surface area contributed by atoms with Crippen molar-refractivity contribution in [3.05, 3.63) is 77.6 Å². The van der Waals surface area contributed by atoms with E-state index in [0.717, 1.165) is 16.9 Å². The summed E-state index contributed by atoms with van der Waals surface area (Å²) in [5.74, 6) is 0.181.